The van der Waals surface area contributed by atoms with Crippen molar-refractivity contribution in [2.75, 3.05) is 20.3 Å². The van der Waals surface area contributed by atoms with E-state index in [1.807, 2.05) is 30.3 Å². The minimum Gasteiger partial charge on any atom is -0.493 e. The van der Waals surface area contributed by atoms with Crippen LogP contribution in [-0.2, 0) is 21.7 Å². The fraction of sp³-hybridized carbons (Fsp3) is 0.556. The molecule has 0 amide bonds. The molecule has 6 nitrogen and oxygen atoms in total. The van der Waals surface area contributed by atoms with Gasteiger partial charge in [0.05, 0.1) is 19.3 Å². The van der Waals surface area contributed by atoms with E-state index in [9.17, 15) is 15.3 Å². The van der Waals surface area contributed by atoms with Crippen molar-refractivity contribution in [1.82, 2.24) is 0 Å². The zero-order valence-electron chi connectivity index (χ0n) is 19.9. The summed E-state index contributed by atoms with van der Waals surface area (Å²) in [5.41, 5.74) is 2.99. The first-order chi connectivity index (χ1) is 16.3. The number of methoxy groups -OCH3 is 1. The summed E-state index contributed by atoms with van der Waals surface area (Å²) in [7, 11) is 1.48. The van der Waals surface area contributed by atoms with Gasteiger partial charge in [-0.3, -0.25) is 0 Å². The normalized spacial score (nSPS) is 28.4. The van der Waals surface area contributed by atoms with E-state index < -0.39 is 30.7 Å². The van der Waals surface area contributed by atoms with Gasteiger partial charge in [-0.15, -0.1) is 0 Å². The molecule has 0 bridgehead atoms. The highest BCUT2D eigenvalue weighted by molar-refractivity contribution is 6.31. The molecule has 4 atom stereocenters. The molecule has 1 saturated heterocycles. The molecular weight excluding hydrogens is 456 g/mol. The van der Waals surface area contributed by atoms with E-state index in [0.29, 0.717) is 22.4 Å². The number of rotatable bonds is 9. The molecule has 0 unspecified atom stereocenters. The average Bonchev–Trinajstić information content (AvgIpc) is 2.83. The maximum Gasteiger partial charge on any atom is 0.197 e. The third-order valence-electron chi connectivity index (χ3n) is 7.62. The van der Waals surface area contributed by atoms with Crippen molar-refractivity contribution in [1.29, 1.82) is 0 Å². The SMILES string of the molecule is CCC1(COc2ccc(Cc3cc([C@@]4(OC)C[C@@H](O)[C@H](O)[C@@H](CO)O4)ccc3Cl)cc2)CCC1. The van der Waals surface area contributed by atoms with Crippen molar-refractivity contribution < 1.29 is 29.5 Å². The van der Waals surface area contributed by atoms with Gasteiger partial charge in [0.2, 0.25) is 0 Å². The second-order valence-electron chi connectivity index (χ2n) is 9.68. The molecule has 2 fully saturated rings. The second kappa shape index (κ2) is 10.5. The molecule has 2 aliphatic rings. The lowest BCUT2D eigenvalue weighted by Gasteiger charge is -2.44. The Kier molecular flexibility index (Phi) is 7.87. The highest BCUT2D eigenvalue weighted by Crippen LogP contribution is 2.44. The first kappa shape index (κ1) is 25.4. The molecule has 34 heavy (non-hydrogen) atoms. The van der Waals surface area contributed by atoms with Crippen molar-refractivity contribution >= 4 is 11.6 Å². The van der Waals surface area contributed by atoms with Crippen molar-refractivity contribution in [3.8, 4) is 5.75 Å². The van der Waals surface area contributed by atoms with Gasteiger partial charge in [0, 0.05) is 29.5 Å². The minimum atomic E-state index is -1.29. The molecule has 1 aliphatic carbocycles. The fourth-order valence-corrected chi connectivity index (χ4v) is 5.15. The first-order valence-electron chi connectivity index (χ1n) is 12.0. The molecule has 2 aromatic carbocycles. The first-order valence-corrected chi connectivity index (χ1v) is 12.4. The zero-order valence-corrected chi connectivity index (χ0v) is 20.6. The molecule has 186 valence electrons. The number of halogens is 1. The zero-order chi connectivity index (χ0) is 24.3. The summed E-state index contributed by atoms with van der Waals surface area (Å²) in [6.07, 6.45) is 2.35. The van der Waals surface area contributed by atoms with E-state index in [-0.39, 0.29) is 6.42 Å². The van der Waals surface area contributed by atoms with Gasteiger partial charge in [-0.25, -0.2) is 0 Å². The van der Waals surface area contributed by atoms with Crippen LogP contribution in [0.1, 0.15) is 55.7 Å². The van der Waals surface area contributed by atoms with E-state index in [1.165, 1.54) is 26.4 Å². The van der Waals surface area contributed by atoms with Crippen LogP contribution in [0.15, 0.2) is 42.5 Å². The molecule has 3 N–H and O–H groups in total. The predicted molar refractivity (Wildman–Crippen MR) is 130 cm³/mol. The summed E-state index contributed by atoms with van der Waals surface area (Å²) in [4.78, 5) is 0. The monoisotopic (exact) mass is 490 g/mol. The van der Waals surface area contributed by atoms with E-state index in [1.54, 1.807) is 12.1 Å². The van der Waals surface area contributed by atoms with Gasteiger partial charge < -0.3 is 29.5 Å². The van der Waals surface area contributed by atoms with Gasteiger partial charge in [-0.05, 0) is 61.1 Å². The summed E-state index contributed by atoms with van der Waals surface area (Å²) >= 11 is 6.52. The van der Waals surface area contributed by atoms with Crippen LogP contribution in [0.5, 0.6) is 5.75 Å². The highest BCUT2D eigenvalue weighted by atomic mass is 35.5. The largest absolute Gasteiger partial charge is 0.493 e. The minimum absolute atomic E-state index is 0.0352. The van der Waals surface area contributed by atoms with Crippen LogP contribution in [0.2, 0.25) is 5.02 Å². The Morgan fingerprint density at radius 3 is 2.44 bits per heavy atom. The van der Waals surface area contributed by atoms with Crippen LogP contribution in [0.4, 0.5) is 0 Å². The summed E-state index contributed by atoms with van der Waals surface area (Å²) in [6.45, 7) is 2.57. The predicted octanol–water partition coefficient (Wildman–Crippen LogP) is 4.19. The number of aliphatic hydroxyl groups is 3. The van der Waals surface area contributed by atoms with Gasteiger partial charge in [0.15, 0.2) is 5.79 Å². The molecule has 0 radical (unpaired) electrons. The highest BCUT2D eigenvalue weighted by Gasteiger charge is 2.47. The van der Waals surface area contributed by atoms with Crippen LogP contribution in [0.3, 0.4) is 0 Å². The smallest absolute Gasteiger partial charge is 0.197 e. The molecule has 1 aliphatic heterocycles. The molecule has 1 heterocycles. The maximum atomic E-state index is 10.4. The van der Waals surface area contributed by atoms with E-state index >= 15 is 0 Å². The Labute approximate surface area is 206 Å². The molecule has 0 aromatic heterocycles. The lowest BCUT2D eigenvalue weighted by atomic mass is 9.68. The van der Waals surface area contributed by atoms with Crippen LogP contribution >= 0.6 is 11.6 Å². The molecule has 4 rings (SSSR count). The third kappa shape index (κ3) is 5.13. The molecule has 1 saturated carbocycles. The maximum absolute atomic E-state index is 10.4. The van der Waals surface area contributed by atoms with E-state index in [2.05, 4.69) is 6.92 Å². The molecule has 0 spiro atoms. The lowest BCUT2D eigenvalue weighted by molar-refractivity contribution is -0.323. The van der Waals surface area contributed by atoms with Crippen LogP contribution in [0, 0.1) is 5.41 Å². The summed E-state index contributed by atoms with van der Waals surface area (Å²) in [5, 5.41) is 30.7. The number of hydrogen-bond donors (Lipinski definition) is 3. The van der Waals surface area contributed by atoms with E-state index in [0.717, 1.165) is 29.9 Å². The number of benzene rings is 2. The van der Waals surface area contributed by atoms with Crippen LogP contribution in [0.25, 0.3) is 0 Å². The standard InChI is InChI=1S/C27H35ClO6/c1-3-26(11-4-12-26)17-33-21-8-5-18(6-9-21)13-19-14-20(7-10-22(19)28)27(32-2)15-23(30)25(31)24(16-29)34-27/h5-10,14,23-25,29-31H,3-4,11-13,15-17H2,1-2H3/t23-,24-,25+,27-/m1/s1. The number of hydrogen-bond acceptors (Lipinski definition) is 6. The van der Waals surface area contributed by atoms with Crippen LogP contribution < -0.4 is 4.74 Å². The second-order valence-corrected chi connectivity index (χ2v) is 10.1. The van der Waals surface area contributed by atoms with Crippen molar-refractivity contribution in [2.24, 2.45) is 5.41 Å². The third-order valence-corrected chi connectivity index (χ3v) is 7.99. The van der Waals surface area contributed by atoms with Crippen LogP contribution in [-0.4, -0.2) is 54.0 Å². The Morgan fingerprint density at radius 1 is 1.12 bits per heavy atom. The van der Waals surface area contributed by atoms with Crippen molar-refractivity contribution in [2.45, 2.75) is 69.5 Å². The Hall–Kier alpha value is -1.67. The topological polar surface area (TPSA) is 88.4 Å². The van der Waals surface area contributed by atoms with Gasteiger partial charge >= 0.3 is 0 Å². The Bertz CT molecular complexity index is 955. The summed E-state index contributed by atoms with van der Waals surface area (Å²) in [6, 6.07) is 13.6. The van der Waals surface area contributed by atoms with Gasteiger partial charge in [0.25, 0.3) is 0 Å². The molecule has 2 aromatic rings. The van der Waals surface area contributed by atoms with Gasteiger partial charge in [-0.2, -0.15) is 0 Å². The van der Waals surface area contributed by atoms with Gasteiger partial charge in [0.1, 0.15) is 18.0 Å². The Balaban J connectivity index is 1.49. The van der Waals surface area contributed by atoms with Crippen molar-refractivity contribution in [3.63, 3.8) is 0 Å². The fourth-order valence-electron chi connectivity index (χ4n) is 4.97. The van der Waals surface area contributed by atoms with E-state index in [4.69, 9.17) is 25.8 Å². The Morgan fingerprint density at radius 2 is 1.85 bits per heavy atom. The average molecular weight is 491 g/mol. The molecular formula is C27H35ClO6. The summed E-state index contributed by atoms with van der Waals surface area (Å²) < 4.78 is 17.7. The quantitative estimate of drug-likeness (QED) is 0.488. The number of aliphatic hydroxyl groups excluding tert-OH is 3. The number of ether oxygens (including phenoxy) is 3. The molecule has 7 heteroatoms. The lowest BCUT2D eigenvalue weighted by Crippen LogP contribution is -2.55. The van der Waals surface area contributed by atoms with Crippen molar-refractivity contribution in [3.05, 3.63) is 64.2 Å². The summed E-state index contributed by atoms with van der Waals surface area (Å²) in [5.74, 6) is -0.417. The van der Waals surface area contributed by atoms with Gasteiger partial charge in [-0.1, -0.05) is 43.1 Å².